The molecule has 4 rings (SSSR count). The lowest BCUT2D eigenvalue weighted by Crippen LogP contribution is -2.40. The van der Waals surface area contributed by atoms with Crippen molar-refractivity contribution in [3.05, 3.63) is 71.7 Å². The van der Waals surface area contributed by atoms with Crippen LogP contribution in [0.25, 0.3) is 11.3 Å². The van der Waals surface area contributed by atoms with Crippen molar-refractivity contribution < 1.29 is 37.0 Å². The molecule has 1 aliphatic carbocycles. The van der Waals surface area contributed by atoms with Crippen molar-refractivity contribution >= 4 is 11.9 Å². The van der Waals surface area contributed by atoms with E-state index in [4.69, 9.17) is 4.74 Å². The molecule has 0 unspecified atom stereocenters. The second kappa shape index (κ2) is 11.0. The van der Waals surface area contributed by atoms with Crippen LogP contribution in [0.3, 0.4) is 0 Å². The van der Waals surface area contributed by atoms with Crippen LogP contribution in [0.2, 0.25) is 0 Å². The largest absolute Gasteiger partial charge is 0.491 e. The number of carboxylic acid groups (broad SMARTS) is 1. The highest BCUT2D eigenvalue weighted by molar-refractivity contribution is 5.94. The van der Waals surface area contributed by atoms with Gasteiger partial charge in [0.1, 0.15) is 18.2 Å². The summed E-state index contributed by atoms with van der Waals surface area (Å²) in [5.74, 6) is -2.12. The van der Waals surface area contributed by atoms with E-state index in [1.807, 2.05) is 0 Å². The number of nitrogens with zero attached hydrogens (tertiary/aromatic N) is 2. The van der Waals surface area contributed by atoms with E-state index in [1.54, 1.807) is 0 Å². The summed E-state index contributed by atoms with van der Waals surface area (Å²) in [6, 6.07) is 10.4. The monoisotopic (exact) mass is 519 g/mol. The van der Waals surface area contributed by atoms with Crippen LogP contribution < -0.4 is 10.1 Å². The van der Waals surface area contributed by atoms with Gasteiger partial charge in [0.2, 0.25) is 0 Å². The minimum Gasteiger partial charge on any atom is -0.491 e. The van der Waals surface area contributed by atoms with Crippen molar-refractivity contribution in [3.63, 3.8) is 0 Å². The molecular weight excluding hydrogens is 494 g/mol. The quantitative estimate of drug-likeness (QED) is 0.366. The average molecular weight is 519 g/mol. The number of carboxylic acids is 1. The molecule has 3 aromatic rings. The minimum absolute atomic E-state index is 0.0878. The van der Waals surface area contributed by atoms with Gasteiger partial charge in [0.15, 0.2) is 5.69 Å². The molecule has 1 amide bonds. The topological polar surface area (TPSA) is 93.5 Å². The predicted molar refractivity (Wildman–Crippen MR) is 126 cm³/mol. The van der Waals surface area contributed by atoms with Gasteiger partial charge < -0.3 is 15.2 Å². The van der Waals surface area contributed by atoms with Crippen LogP contribution in [-0.2, 0) is 11.0 Å². The number of hydrogen-bond acceptors (Lipinski definition) is 4. The number of halogens is 4. The molecule has 1 saturated carbocycles. The third-order valence-electron chi connectivity index (χ3n) is 6.17. The number of hydrogen-bond donors (Lipinski definition) is 2. The first-order valence-electron chi connectivity index (χ1n) is 11.8. The zero-order chi connectivity index (χ0) is 26.6. The van der Waals surface area contributed by atoms with Crippen LogP contribution in [0.1, 0.15) is 54.2 Å². The molecule has 1 aromatic heterocycles. The Morgan fingerprint density at radius 3 is 2.43 bits per heavy atom. The lowest BCUT2D eigenvalue weighted by Gasteiger charge is -2.18. The molecule has 1 atom stereocenters. The number of carbonyl (C=O) groups is 2. The van der Waals surface area contributed by atoms with Crippen LogP contribution in [0, 0.1) is 5.82 Å². The summed E-state index contributed by atoms with van der Waals surface area (Å²) in [4.78, 5) is 24.4. The Morgan fingerprint density at radius 2 is 1.78 bits per heavy atom. The Morgan fingerprint density at radius 1 is 1.11 bits per heavy atom. The van der Waals surface area contributed by atoms with Crippen LogP contribution in [-0.4, -0.2) is 39.4 Å². The van der Waals surface area contributed by atoms with Crippen molar-refractivity contribution in [1.29, 1.82) is 0 Å². The molecule has 7 nitrogen and oxygen atoms in total. The zero-order valence-corrected chi connectivity index (χ0v) is 19.7. The molecule has 11 heteroatoms. The average Bonchev–Trinajstić information content (AvgIpc) is 3.53. The normalized spacial score (nSPS) is 14.9. The molecule has 0 spiro atoms. The molecule has 1 heterocycles. The van der Waals surface area contributed by atoms with Gasteiger partial charge in [-0.15, -0.1) is 0 Å². The Labute approximate surface area is 210 Å². The van der Waals surface area contributed by atoms with Gasteiger partial charge in [-0.3, -0.25) is 14.3 Å². The molecule has 0 aliphatic heterocycles. The number of carbonyl (C=O) groups excluding carboxylic acids is 1. The molecule has 1 fully saturated rings. The van der Waals surface area contributed by atoms with Gasteiger partial charge in [-0.25, -0.2) is 4.39 Å². The van der Waals surface area contributed by atoms with Crippen molar-refractivity contribution in [2.24, 2.45) is 0 Å². The number of nitrogens with one attached hydrogen (secondary N) is 1. The van der Waals surface area contributed by atoms with Gasteiger partial charge in [-0.2, -0.15) is 18.3 Å². The van der Waals surface area contributed by atoms with Gasteiger partial charge in [0, 0.05) is 5.56 Å². The smallest absolute Gasteiger partial charge is 0.417 e. The van der Waals surface area contributed by atoms with E-state index in [2.05, 4.69) is 10.4 Å². The lowest BCUT2D eigenvalue weighted by atomic mass is 10.0. The van der Waals surface area contributed by atoms with E-state index in [-0.39, 0.29) is 35.3 Å². The van der Waals surface area contributed by atoms with Crippen LogP contribution >= 0.6 is 0 Å². The van der Waals surface area contributed by atoms with Crippen molar-refractivity contribution in [3.8, 4) is 17.0 Å². The maximum absolute atomic E-state index is 13.7. The first-order chi connectivity index (χ1) is 17.6. The fraction of sp³-hybridized carbons (Fsp3) is 0.346. The highest BCUT2D eigenvalue weighted by Crippen LogP contribution is 2.40. The summed E-state index contributed by atoms with van der Waals surface area (Å²) in [5.41, 5.74) is -0.883. The molecule has 0 radical (unpaired) electrons. The Hall–Kier alpha value is -3.89. The molecule has 37 heavy (non-hydrogen) atoms. The molecule has 2 aromatic carbocycles. The number of aliphatic carboxylic acids is 1. The number of aromatic nitrogens is 2. The molecule has 0 saturated heterocycles. The summed E-state index contributed by atoms with van der Waals surface area (Å²) in [7, 11) is 0. The molecule has 1 aliphatic rings. The number of amides is 1. The second-order valence-corrected chi connectivity index (χ2v) is 8.87. The number of rotatable bonds is 9. The number of benzene rings is 2. The van der Waals surface area contributed by atoms with Crippen LogP contribution in [0.15, 0.2) is 54.6 Å². The predicted octanol–water partition coefficient (Wildman–Crippen LogP) is 5.48. The molecule has 0 bridgehead atoms. The first-order valence-corrected chi connectivity index (χ1v) is 11.8. The Balaban J connectivity index is 1.61. The first kappa shape index (κ1) is 26.2. The van der Waals surface area contributed by atoms with Crippen molar-refractivity contribution in [2.45, 2.75) is 50.4 Å². The summed E-state index contributed by atoms with van der Waals surface area (Å²) in [6.07, 6.45) is -1.84. The van der Waals surface area contributed by atoms with Crippen LogP contribution in [0.4, 0.5) is 17.6 Å². The Kier molecular flexibility index (Phi) is 7.80. The highest BCUT2D eigenvalue weighted by atomic mass is 19.4. The summed E-state index contributed by atoms with van der Waals surface area (Å²) >= 11 is 0. The lowest BCUT2D eigenvalue weighted by molar-refractivity contribution is -0.138. The molecule has 2 N–H and O–H groups in total. The van der Waals surface area contributed by atoms with Gasteiger partial charge in [0.25, 0.3) is 5.91 Å². The van der Waals surface area contributed by atoms with Crippen molar-refractivity contribution in [1.82, 2.24) is 15.1 Å². The summed E-state index contributed by atoms with van der Waals surface area (Å²) in [6.45, 7) is -0.225. The van der Waals surface area contributed by atoms with Gasteiger partial charge in [0.05, 0.1) is 29.8 Å². The SMILES string of the molecule is O=C(O)C[C@H](COc1ccc(F)cc1)NC(=O)c1cc(-c2ccccc2C(F)(F)F)n(C2CCCC2)n1. The fourth-order valence-electron chi connectivity index (χ4n) is 4.44. The fourth-order valence-corrected chi connectivity index (χ4v) is 4.44. The van der Waals surface area contributed by atoms with E-state index in [9.17, 15) is 32.3 Å². The van der Waals surface area contributed by atoms with Crippen molar-refractivity contribution in [2.75, 3.05) is 6.61 Å². The molecule has 196 valence electrons. The van der Waals surface area contributed by atoms with E-state index >= 15 is 0 Å². The highest BCUT2D eigenvalue weighted by Gasteiger charge is 2.35. The number of alkyl halides is 3. The van der Waals surface area contributed by atoms with Gasteiger partial charge >= 0.3 is 12.1 Å². The molecular formula is C26H25F4N3O4. The van der Waals surface area contributed by atoms with Crippen LogP contribution in [0.5, 0.6) is 5.75 Å². The maximum atomic E-state index is 13.7. The zero-order valence-electron chi connectivity index (χ0n) is 19.7. The standard InChI is InChI=1S/C26H25F4N3O4/c27-16-9-11-19(12-10-16)37-15-17(13-24(34)35)31-25(36)22-14-23(33(32-22)18-5-1-2-6-18)20-7-3-4-8-21(20)26(28,29)30/h3-4,7-12,14,17-18H,1-2,5-6,13,15H2,(H,31,36)(H,34,35)/t17-/m1/s1. The third-order valence-corrected chi connectivity index (χ3v) is 6.17. The summed E-state index contributed by atoms with van der Waals surface area (Å²) in [5, 5.41) is 16.2. The van der Waals surface area contributed by atoms with Gasteiger partial charge in [-0.05, 0) is 49.2 Å². The van der Waals surface area contributed by atoms with Gasteiger partial charge in [-0.1, -0.05) is 31.0 Å². The van der Waals surface area contributed by atoms with E-state index < -0.39 is 41.9 Å². The summed E-state index contributed by atoms with van der Waals surface area (Å²) < 4.78 is 61.3. The number of ether oxygens (including phenoxy) is 1. The maximum Gasteiger partial charge on any atom is 0.417 e. The Bertz CT molecular complexity index is 1250. The third kappa shape index (κ3) is 6.46. The van der Waals surface area contributed by atoms with E-state index in [1.165, 1.54) is 53.2 Å². The van der Waals surface area contributed by atoms with E-state index in [0.717, 1.165) is 31.7 Å². The second-order valence-electron chi connectivity index (χ2n) is 8.87. The minimum atomic E-state index is -4.60. The van der Waals surface area contributed by atoms with E-state index in [0.29, 0.717) is 0 Å².